The zero-order valence-electron chi connectivity index (χ0n) is 16.6. The van der Waals surface area contributed by atoms with Crippen molar-refractivity contribution in [1.29, 1.82) is 0 Å². The minimum Gasteiger partial charge on any atom is -0.361 e. The highest BCUT2D eigenvalue weighted by molar-refractivity contribution is 5.83. The molecule has 0 spiro atoms. The van der Waals surface area contributed by atoms with E-state index in [0.717, 1.165) is 17.5 Å². The standard InChI is InChI=1S/C25H22N4O/c26-22(15-20-16-27-23-9-5-4-8-21(20)23)25-28-24(29-30-25)14-17-10-12-19(13-11-17)18-6-2-1-3-7-18/h1-13,16,22,27H,14-15,26H2/p+1. The number of nitrogens with one attached hydrogen (secondary N) is 1. The minimum absolute atomic E-state index is 0.0917. The van der Waals surface area contributed by atoms with Crippen LogP contribution in [0.3, 0.4) is 0 Å². The molecule has 5 rings (SSSR count). The fourth-order valence-corrected chi connectivity index (χ4v) is 3.79. The zero-order chi connectivity index (χ0) is 20.3. The van der Waals surface area contributed by atoms with Crippen molar-refractivity contribution in [1.82, 2.24) is 15.1 Å². The summed E-state index contributed by atoms with van der Waals surface area (Å²) in [7, 11) is 0. The van der Waals surface area contributed by atoms with E-state index in [9.17, 15) is 0 Å². The molecule has 148 valence electrons. The lowest BCUT2D eigenvalue weighted by Gasteiger charge is -2.03. The topological polar surface area (TPSA) is 82.4 Å². The number of rotatable bonds is 6. The Morgan fingerprint density at radius 1 is 0.867 bits per heavy atom. The molecule has 4 N–H and O–H groups in total. The summed E-state index contributed by atoms with van der Waals surface area (Å²) in [6.07, 6.45) is 3.42. The van der Waals surface area contributed by atoms with Gasteiger partial charge in [-0.25, -0.2) is 0 Å². The van der Waals surface area contributed by atoms with Crippen LogP contribution in [0.5, 0.6) is 0 Å². The van der Waals surface area contributed by atoms with Crippen LogP contribution < -0.4 is 5.73 Å². The summed E-state index contributed by atoms with van der Waals surface area (Å²) in [4.78, 5) is 7.90. The highest BCUT2D eigenvalue weighted by Gasteiger charge is 2.20. The van der Waals surface area contributed by atoms with Gasteiger partial charge in [0.05, 0.1) is 0 Å². The van der Waals surface area contributed by atoms with Gasteiger partial charge in [-0.05, 0) is 28.3 Å². The summed E-state index contributed by atoms with van der Waals surface area (Å²) in [6, 6.07) is 27.0. The van der Waals surface area contributed by atoms with E-state index in [1.165, 1.54) is 22.1 Å². The van der Waals surface area contributed by atoms with Gasteiger partial charge in [0.1, 0.15) is 0 Å². The summed E-state index contributed by atoms with van der Waals surface area (Å²) in [5.41, 5.74) is 10.1. The van der Waals surface area contributed by atoms with Gasteiger partial charge in [-0.1, -0.05) is 78.0 Å². The average Bonchev–Trinajstić information content (AvgIpc) is 3.42. The SMILES string of the molecule is [NH3+]C(Cc1c[nH]c2ccccc12)c1nc(Cc2ccc(-c3ccccc3)cc2)no1. The maximum Gasteiger partial charge on any atom is 0.285 e. The Hall–Kier alpha value is -3.70. The fraction of sp³-hybridized carbons (Fsp3) is 0.120. The molecule has 0 fully saturated rings. The smallest absolute Gasteiger partial charge is 0.285 e. The molecule has 3 aromatic carbocycles. The highest BCUT2D eigenvalue weighted by atomic mass is 16.5. The fourth-order valence-electron chi connectivity index (χ4n) is 3.79. The predicted octanol–water partition coefficient (Wildman–Crippen LogP) is 4.33. The number of benzene rings is 3. The molecule has 5 aromatic rings. The molecule has 2 heterocycles. The van der Waals surface area contributed by atoms with Crippen LogP contribution >= 0.6 is 0 Å². The van der Waals surface area contributed by atoms with E-state index in [4.69, 9.17) is 4.52 Å². The lowest BCUT2D eigenvalue weighted by atomic mass is 10.0. The van der Waals surface area contributed by atoms with Gasteiger partial charge in [0.2, 0.25) is 0 Å². The van der Waals surface area contributed by atoms with E-state index < -0.39 is 0 Å². The number of hydrogen-bond donors (Lipinski definition) is 2. The van der Waals surface area contributed by atoms with Gasteiger partial charge in [-0.15, -0.1) is 0 Å². The first kappa shape index (κ1) is 18.3. The van der Waals surface area contributed by atoms with Crippen LogP contribution in [0.4, 0.5) is 0 Å². The Kier molecular flexibility index (Phi) is 4.87. The lowest BCUT2D eigenvalue weighted by Crippen LogP contribution is -2.54. The van der Waals surface area contributed by atoms with Gasteiger partial charge in [0.25, 0.3) is 5.89 Å². The third kappa shape index (κ3) is 3.75. The minimum atomic E-state index is -0.0917. The molecule has 0 amide bonds. The Morgan fingerprint density at radius 2 is 1.60 bits per heavy atom. The van der Waals surface area contributed by atoms with Crippen LogP contribution in [-0.4, -0.2) is 15.1 Å². The molecular weight excluding hydrogens is 372 g/mol. The molecule has 0 aliphatic carbocycles. The van der Waals surface area contributed by atoms with Crippen LogP contribution in [0.25, 0.3) is 22.0 Å². The van der Waals surface area contributed by atoms with Crippen LogP contribution in [0.1, 0.15) is 28.9 Å². The molecule has 0 aliphatic rings. The summed E-state index contributed by atoms with van der Waals surface area (Å²) in [5.74, 6) is 1.27. The lowest BCUT2D eigenvalue weighted by molar-refractivity contribution is -0.431. The van der Waals surface area contributed by atoms with Crippen LogP contribution in [0, 0.1) is 0 Å². The summed E-state index contributed by atoms with van der Waals surface area (Å²) in [5, 5.41) is 5.38. The van der Waals surface area contributed by atoms with Crippen molar-refractivity contribution in [2.75, 3.05) is 0 Å². The van der Waals surface area contributed by atoms with Crippen LogP contribution in [0.15, 0.2) is 89.6 Å². The summed E-state index contributed by atoms with van der Waals surface area (Å²) >= 11 is 0. The van der Waals surface area contributed by atoms with E-state index in [2.05, 4.69) is 81.5 Å². The number of para-hydroxylation sites is 1. The second kappa shape index (κ2) is 7.97. The number of H-pyrrole nitrogens is 1. The van der Waals surface area contributed by atoms with Crippen molar-refractivity contribution in [3.63, 3.8) is 0 Å². The van der Waals surface area contributed by atoms with Crippen molar-refractivity contribution < 1.29 is 10.3 Å². The molecule has 0 radical (unpaired) electrons. The van der Waals surface area contributed by atoms with Crippen molar-refractivity contribution in [2.45, 2.75) is 18.9 Å². The molecule has 30 heavy (non-hydrogen) atoms. The largest absolute Gasteiger partial charge is 0.361 e. The molecule has 1 atom stereocenters. The summed E-state index contributed by atoms with van der Waals surface area (Å²) in [6.45, 7) is 0. The highest BCUT2D eigenvalue weighted by Crippen LogP contribution is 2.23. The molecule has 0 aliphatic heterocycles. The van der Waals surface area contributed by atoms with E-state index in [1.54, 1.807) is 0 Å². The normalized spacial score (nSPS) is 12.3. The molecule has 0 bridgehead atoms. The molecule has 0 saturated heterocycles. The van der Waals surface area contributed by atoms with Gasteiger partial charge in [-0.3, -0.25) is 0 Å². The van der Waals surface area contributed by atoms with Gasteiger partial charge in [0, 0.05) is 29.9 Å². The second-order valence-corrected chi connectivity index (χ2v) is 7.55. The first-order valence-corrected chi connectivity index (χ1v) is 10.1. The first-order valence-electron chi connectivity index (χ1n) is 10.1. The molecule has 1 unspecified atom stereocenters. The van der Waals surface area contributed by atoms with E-state index in [1.807, 2.05) is 24.4 Å². The maximum atomic E-state index is 5.52. The maximum absolute atomic E-state index is 5.52. The Morgan fingerprint density at radius 3 is 2.43 bits per heavy atom. The number of quaternary nitrogens is 1. The Balaban J connectivity index is 1.27. The molecule has 2 aromatic heterocycles. The molecular formula is C25H23N4O+. The Bertz CT molecular complexity index is 1260. The van der Waals surface area contributed by atoms with Crippen LogP contribution in [0.2, 0.25) is 0 Å². The zero-order valence-corrected chi connectivity index (χ0v) is 16.6. The third-order valence-electron chi connectivity index (χ3n) is 5.40. The molecule has 5 heteroatoms. The van der Waals surface area contributed by atoms with Gasteiger partial charge in [-0.2, -0.15) is 4.98 Å². The van der Waals surface area contributed by atoms with Crippen molar-refractivity contribution in [3.05, 3.63) is 108 Å². The van der Waals surface area contributed by atoms with E-state index >= 15 is 0 Å². The number of aromatic amines is 1. The van der Waals surface area contributed by atoms with Gasteiger partial charge >= 0.3 is 0 Å². The number of nitrogens with zero attached hydrogens (tertiary/aromatic N) is 2. The quantitative estimate of drug-likeness (QED) is 0.449. The average molecular weight is 395 g/mol. The number of hydrogen-bond acceptors (Lipinski definition) is 3. The predicted molar refractivity (Wildman–Crippen MR) is 117 cm³/mol. The van der Waals surface area contributed by atoms with Gasteiger partial charge < -0.3 is 15.2 Å². The van der Waals surface area contributed by atoms with E-state index in [-0.39, 0.29) is 6.04 Å². The second-order valence-electron chi connectivity index (χ2n) is 7.55. The third-order valence-corrected chi connectivity index (χ3v) is 5.40. The van der Waals surface area contributed by atoms with Crippen molar-refractivity contribution in [3.8, 4) is 11.1 Å². The van der Waals surface area contributed by atoms with Gasteiger partial charge in [0.15, 0.2) is 11.9 Å². The monoisotopic (exact) mass is 395 g/mol. The van der Waals surface area contributed by atoms with Crippen molar-refractivity contribution >= 4 is 10.9 Å². The van der Waals surface area contributed by atoms with Crippen molar-refractivity contribution in [2.24, 2.45) is 0 Å². The van der Waals surface area contributed by atoms with Crippen LogP contribution in [-0.2, 0) is 12.8 Å². The summed E-state index contributed by atoms with van der Waals surface area (Å²) < 4.78 is 5.52. The first-order chi connectivity index (χ1) is 14.8. The number of aromatic nitrogens is 3. The molecule has 5 nitrogen and oxygen atoms in total. The Labute approximate surface area is 174 Å². The van der Waals surface area contributed by atoms with E-state index in [0.29, 0.717) is 18.1 Å². The molecule has 0 saturated carbocycles. The number of fused-ring (bicyclic) bond motifs is 1.